The lowest BCUT2D eigenvalue weighted by Crippen LogP contribution is -1.93. The molecule has 3 heteroatoms. The van der Waals surface area contributed by atoms with E-state index in [9.17, 15) is 0 Å². The predicted molar refractivity (Wildman–Crippen MR) is 73.7 cm³/mol. The van der Waals surface area contributed by atoms with Crippen LogP contribution >= 0.6 is 39.1 Å². The van der Waals surface area contributed by atoms with Crippen molar-refractivity contribution >= 4 is 39.1 Å². The lowest BCUT2D eigenvalue weighted by Gasteiger charge is -2.12. The molecule has 0 nitrogen and oxygen atoms in total. The highest BCUT2D eigenvalue weighted by Crippen LogP contribution is 2.35. The van der Waals surface area contributed by atoms with Gasteiger partial charge < -0.3 is 0 Å². The van der Waals surface area contributed by atoms with Gasteiger partial charge in [-0.2, -0.15) is 0 Å². The van der Waals surface area contributed by atoms with Crippen LogP contribution in [0.2, 0.25) is 10.0 Å². The molecule has 2 aromatic rings. The summed E-state index contributed by atoms with van der Waals surface area (Å²) in [6, 6.07) is 15.5. The predicted octanol–water partition coefficient (Wildman–Crippen LogP) is 5.48. The number of hydrogen-bond acceptors (Lipinski definition) is 0. The van der Waals surface area contributed by atoms with E-state index in [-0.39, 0.29) is 4.83 Å². The summed E-state index contributed by atoms with van der Waals surface area (Å²) in [5.74, 6) is 0. The first-order chi connectivity index (χ1) is 7.68. The van der Waals surface area contributed by atoms with Crippen molar-refractivity contribution in [3.05, 3.63) is 69.7 Å². The van der Waals surface area contributed by atoms with Crippen molar-refractivity contribution in [1.29, 1.82) is 0 Å². The molecule has 0 aliphatic carbocycles. The van der Waals surface area contributed by atoms with Gasteiger partial charge in [0, 0.05) is 10.0 Å². The Balaban J connectivity index is 2.35. The fourth-order valence-electron chi connectivity index (χ4n) is 1.49. The second-order valence-corrected chi connectivity index (χ2v) is 5.19. The zero-order chi connectivity index (χ0) is 11.5. The fraction of sp³-hybridized carbons (Fsp3) is 0.0769. The maximum atomic E-state index is 6.14. The van der Waals surface area contributed by atoms with Gasteiger partial charge in [0.1, 0.15) is 0 Å². The molecule has 0 aliphatic rings. The summed E-state index contributed by atoms with van der Waals surface area (Å²) < 4.78 is 0. The SMILES string of the molecule is Clc1ccc(C(Br)c2ccccc2Cl)cc1. The first-order valence-corrected chi connectivity index (χ1v) is 6.49. The number of halogens is 3. The third kappa shape index (κ3) is 2.60. The van der Waals surface area contributed by atoms with Gasteiger partial charge in [0.05, 0.1) is 4.83 Å². The summed E-state index contributed by atoms with van der Waals surface area (Å²) in [5, 5.41) is 1.50. The molecule has 0 bridgehead atoms. The van der Waals surface area contributed by atoms with Crippen molar-refractivity contribution in [1.82, 2.24) is 0 Å². The van der Waals surface area contributed by atoms with Gasteiger partial charge in [-0.25, -0.2) is 0 Å². The molecule has 0 amide bonds. The van der Waals surface area contributed by atoms with Gasteiger partial charge in [-0.1, -0.05) is 69.5 Å². The van der Waals surface area contributed by atoms with Gasteiger partial charge in [0.25, 0.3) is 0 Å². The molecular formula is C13H9BrCl2. The fourth-order valence-corrected chi connectivity index (χ4v) is 2.70. The molecule has 0 heterocycles. The molecule has 0 fully saturated rings. The Kier molecular flexibility index (Phi) is 3.91. The maximum absolute atomic E-state index is 6.14. The molecule has 1 atom stereocenters. The molecule has 0 saturated carbocycles. The summed E-state index contributed by atoms with van der Waals surface area (Å²) in [4.78, 5) is 0.0958. The number of benzene rings is 2. The maximum Gasteiger partial charge on any atom is 0.0659 e. The van der Waals surface area contributed by atoms with Crippen molar-refractivity contribution in [3.63, 3.8) is 0 Å². The van der Waals surface area contributed by atoms with E-state index in [1.807, 2.05) is 48.5 Å². The van der Waals surface area contributed by atoms with Gasteiger partial charge in [0.2, 0.25) is 0 Å². The van der Waals surface area contributed by atoms with Crippen LogP contribution in [0, 0.1) is 0 Å². The number of rotatable bonds is 2. The summed E-state index contributed by atoms with van der Waals surface area (Å²) in [7, 11) is 0. The monoisotopic (exact) mass is 314 g/mol. The molecule has 2 rings (SSSR count). The van der Waals surface area contributed by atoms with Crippen LogP contribution in [0.4, 0.5) is 0 Å². The van der Waals surface area contributed by atoms with Crippen LogP contribution in [0.25, 0.3) is 0 Å². The molecule has 0 aromatic heterocycles. The summed E-state index contributed by atoms with van der Waals surface area (Å²) in [6.45, 7) is 0. The van der Waals surface area contributed by atoms with Gasteiger partial charge in [-0.15, -0.1) is 0 Å². The Morgan fingerprint density at radius 3 is 2.12 bits per heavy atom. The van der Waals surface area contributed by atoms with Crippen molar-refractivity contribution in [3.8, 4) is 0 Å². The second-order valence-electron chi connectivity index (χ2n) is 3.44. The Hall–Kier alpha value is -0.500. The minimum atomic E-state index is 0.0958. The third-order valence-electron chi connectivity index (χ3n) is 2.34. The average Bonchev–Trinajstić information content (AvgIpc) is 2.30. The van der Waals surface area contributed by atoms with Crippen LogP contribution in [-0.2, 0) is 0 Å². The van der Waals surface area contributed by atoms with Gasteiger partial charge >= 0.3 is 0 Å². The van der Waals surface area contributed by atoms with E-state index in [2.05, 4.69) is 15.9 Å². The largest absolute Gasteiger partial charge is 0.0843 e. The van der Waals surface area contributed by atoms with E-state index in [0.717, 1.165) is 21.2 Å². The van der Waals surface area contributed by atoms with E-state index in [1.54, 1.807) is 0 Å². The van der Waals surface area contributed by atoms with Crippen LogP contribution in [0.15, 0.2) is 48.5 Å². The molecule has 2 aromatic carbocycles. The van der Waals surface area contributed by atoms with Crippen LogP contribution in [-0.4, -0.2) is 0 Å². The van der Waals surface area contributed by atoms with Crippen LogP contribution < -0.4 is 0 Å². The van der Waals surface area contributed by atoms with Crippen LogP contribution in [0.1, 0.15) is 16.0 Å². The first-order valence-electron chi connectivity index (χ1n) is 4.82. The van der Waals surface area contributed by atoms with E-state index in [0.29, 0.717) is 0 Å². The Morgan fingerprint density at radius 2 is 1.50 bits per heavy atom. The molecule has 0 radical (unpaired) electrons. The molecule has 0 N–H and O–H groups in total. The molecule has 82 valence electrons. The van der Waals surface area contributed by atoms with Crippen LogP contribution in [0.3, 0.4) is 0 Å². The third-order valence-corrected chi connectivity index (χ3v) is 3.96. The van der Waals surface area contributed by atoms with Crippen molar-refractivity contribution in [2.24, 2.45) is 0 Å². The van der Waals surface area contributed by atoms with Gasteiger partial charge in [0.15, 0.2) is 0 Å². The van der Waals surface area contributed by atoms with E-state index >= 15 is 0 Å². The lowest BCUT2D eigenvalue weighted by molar-refractivity contribution is 1.18. The number of alkyl halides is 1. The zero-order valence-corrected chi connectivity index (χ0v) is 11.4. The van der Waals surface area contributed by atoms with Gasteiger partial charge in [-0.3, -0.25) is 0 Å². The Bertz CT molecular complexity index is 480. The van der Waals surface area contributed by atoms with E-state index in [1.165, 1.54) is 0 Å². The molecule has 0 aliphatic heterocycles. The first kappa shape index (κ1) is 12.0. The molecule has 0 spiro atoms. The molecular weight excluding hydrogens is 307 g/mol. The van der Waals surface area contributed by atoms with E-state index < -0.39 is 0 Å². The smallest absolute Gasteiger partial charge is 0.0659 e. The number of hydrogen-bond donors (Lipinski definition) is 0. The Morgan fingerprint density at radius 1 is 0.875 bits per heavy atom. The summed E-state index contributed by atoms with van der Waals surface area (Å²) in [5.41, 5.74) is 2.20. The molecule has 0 saturated heterocycles. The van der Waals surface area contributed by atoms with E-state index in [4.69, 9.17) is 23.2 Å². The molecule has 1 unspecified atom stereocenters. The standard InChI is InChI=1S/C13H9BrCl2/c14-13(9-5-7-10(15)8-6-9)11-3-1-2-4-12(11)16/h1-8,13H. The topological polar surface area (TPSA) is 0 Å². The van der Waals surface area contributed by atoms with Gasteiger partial charge in [-0.05, 0) is 29.3 Å². The Labute approximate surface area is 113 Å². The highest BCUT2D eigenvalue weighted by molar-refractivity contribution is 9.09. The zero-order valence-electron chi connectivity index (χ0n) is 8.33. The van der Waals surface area contributed by atoms with Crippen molar-refractivity contribution in [2.75, 3.05) is 0 Å². The average molecular weight is 316 g/mol. The minimum Gasteiger partial charge on any atom is -0.0843 e. The summed E-state index contributed by atoms with van der Waals surface area (Å²) in [6.07, 6.45) is 0. The quantitative estimate of drug-likeness (QED) is 0.644. The highest BCUT2D eigenvalue weighted by atomic mass is 79.9. The highest BCUT2D eigenvalue weighted by Gasteiger charge is 2.12. The summed E-state index contributed by atoms with van der Waals surface area (Å²) >= 11 is 15.6. The van der Waals surface area contributed by atoms with Crippen LogP contribution in [0.5, 0.6) is 0 Å². The minimum absolute atomic E-state index is 0.0958. The lowest BCUT2D eigenvalue weighted by atomic mass is 10.1. The molecule has 16 heavy (non-hydrogen) atoms. The van der Waals surface area contributed by atoms with Crippen molar-refractivity contribution < 1.29 is 0 Å². The van der Waals surface area contributed by atoms with Crippen molar-refractivity contribution in [2.45, 2.75) is 4.83 Å². The second kappa shape index (κ2) is 5.22. The normalized spacial score (nSPS) is 12.4.